The molecule has 1 aliphatic carbocycles. The zero-order valence-corrected chi connectivity index (χ0v) is 12.1. The van der Waals surface area contributed by atoms with Crippen molar-refractivity contribution in [2.45, 2.75) is 36.6 Å². The molecule has 19 heavy (non-hydrogen) atoms. The van der Waals surface area contributed by atoms with Gasteiger partial charge in [0.25, 0.3) is 0 Å². The average molecular weight is 283 g/mol. The van der Waals surface area contributed by atoms with Crippen LogP contribution in [0.5, 0.6) is 0 Å². The van der Waals surface area contributed by atoms with E-state index in [1.807, 2.05) is 0 Å². The van der Waals surface area contributed by atoms with Crippen molar-refractivity contribution in [1.82, 2.24) is 4.98 Å². The molecule has 0 aliphatic heterocycles. The van der Waals surface area contributed by atoms with Crippen molar-refractivity contribution < 1.29 is 8.42 Å². The molecule has 1 aliphatic rings. The van der Waals surface area contributed by atoms with E-state index in [9.17, 15) is 8.42 Å². The fraction of sp³-hybridized carbons (Fsp3) is 0.615. The van der Waals surface area contributed by atoms with Crippen LogP contribution in [0.15, 0.2) is 23.2 Å². The third-order valence-electron chi connectivity index (χ3n) is 3.54. The lowest BCUT2D eigenvalue weighted by molar-refractivity contribution is 0.381. The Morgan fingerprint density at radius 3 is 2.74 bits per heavy atom. The van der Waals surface area contributed by atoms with Crippen LogP contribution in [0.4, 0.5) is 5.82 Å². The molecular weight excluding hydrogens is 262 g/mol. The first-order valence-electron chi connectivity index (χ1n) is 6.66. The summed E-state index contributed by atoms with van der Waals surface area (Å²) in [4.78, 5) is 6.74. The van der Waals surface area contributed by atoms with Crippen molar-refractivity contribution in [1.29, 1.82) is 0 Å². The SMILES string of the molecule is CS(=O)(=O)c1cccnc1N(CCCN)C1CCC1. The molecule has 1 fully saturated rings. The molecule has 1 saturated carbocycles. The Hall–Kier alpha value is -1.14. The van der Waals surface area contributed by atoms with E-state index < -0.39 is 9.84 Å². The molecule has 0 aromatic carbocycles. The topological polar surface area (TPSA) is 76.3 Å². The molecular formula is C13H21N3O2S. The highest BCUT2D eigenvalue weighted by molar-refractivity contribution is 7.90. The van der Waals surface area contributed by atoms with Gasteiger partial charge in [0.15, 0.2) is 9.84 Å². The Morgan fingerprint density at radius 2 is 2.21 bits per heavy atom. The van der Waals surface area contributed by atoms with Gasteiger partial charge >= 0.3 is 0 Å². The molecule has 106 valence electrons. The van der Waals surface area contributed by atoms with Crippen LogP contribution in [0.1, 0.15) is 25.7 Å². The molecule has 0 radical (unpaired) electrons. The fourth-order valence-electron chi connectivity index (χ4n) is 2.31. The van der Waals surface area contributed by atoms with E-state index in [1.54, 1.807) is 18.3 Å². The minimum absolute atomic E-state index is 0.318. The second kappa shape index (κ2) is 5.88. The van der Waals surface area contributed by atoms with Crippen LogP contribution < -0.4 is 10.6 Å². The maximum atomic E-state index is 11.9. The highest BCUT2D eigenvalue weighted by atomic mass is 32.2. The lowest BCUT2D eigenvalue weighted by Gasteiger charge is -2.39. The number of nitrogens with two attached hydrogens (primary N) is 1. The normalized spacial score (nSPS) is 16.1. The molecule has 0 atom stereocenters. The van der Waals surface area contributed by atoms with E-state index >= 15 is 0 Å². The van der Waals surface area contributed by atoms with Crippen molar-refractivity contribution in [3.05, 3.63) is 18.3 Å². The largest absolute Gasteiger partial charge is 0.353 e. The number of hydrogen-bond donors (Lipinski definition) is 1. The molecule has 1 aromatic heterocycles. The summed E-state index contributed by atoms with van der Waals surface area (Å²) in [5, 5.41) is 0. The minimum Gasteiger partial charge on any atom is -0.353 e. The number of nitrogens with zero attached hydrogens (tertiary/aromatic N) is 2. The lowest BCUT2D eigenvalue weighted by atomic mass is 9.91. The molecule has 2 rings (SSSR count). The number of hydrogen-bond acceptors (Lipinski definition) is 5. The van der Waals surface area contributed by atoms with Crippen LogP contribution in [-0.2, 0) is 9.84 Å². The first-order chi connectivity index (χ1) is 9.04. The molecule has 0 saturated heterocycles. The summed E-state index contributed by atoms with van der Waals surface area (Å²) in [6.45, 7) is 1.37. The summed E-state index contributed by atoms with van der Waals surface area (Å²) < 4.78 is 23.7. The number of rotatable bonds is 6. The van der Waals surface area contributed by atoms with Crippen LogP contribution in [-0.4, -0.2) is 38.8 Å². The van der Waals surface area contributed by atoms with Gasteiger partial charge in [-0.2, -0.15) is 0 Å². The molecule has 6 heteroatoms. The first-order valence-corrected chi connectivity index (χ1v) is 8.55. The van der Waals surface area contributed by atoms with Crippen molar-refractivity contribution in [3.8, 4) is 0 Å². The molecule has 0 amide bonds. The van der Waals surface area contributed by atoms with Crippen LogP contribution in [0.2, 0.25) is 0 Å². The van der Waals surface area contributed by atoms with Gasteiger partial charge in [-0.25, -0.2) is 13.4 Å². The van der Waals surface area contributed by atoms with E-state index in [0.29, 0.717) is 23.3 Å². The van der Waals surface area contributed by atoms with Crippen LogP contribution in [0, 0.1) is 0 Å². The van der Waals surface area contributed by atoms with E-state index in [2.05, 4.69) is 9.88 Å². The fourth-order valence-corrected chi connectivity index (χ4v) is 3.14. The van der Waals surface area contributed by atoms with E-state index in [4.69, 9.17) is 5.73 Å². The van der Waals surface area contributed by atoms with Gasteiger partial charge in [0.05, 0.1) is 0 Å². The molecule has 5 nitrogen and oxygen atoms in total. The maximum absolute atomic E-state index is 11.9. The zero-order valence-electron chi connectivity index (χ0n) is 11.2. The molecule has 2 N–H and O–H groups in total. The lowest BCUT2D eigenvalue weighted by Crippen LogP contribution is -2.42. The summed E-state index contributed by atoms with van der Waals surface area (Å²) >= 11 is 0. The van der Waals surface area contributed by atoms with Gasteiger partial charge in [0.2, 0.25) is 0 Å². The Bertz CT molecular complexity index is 526. The predicted molar refractivity (Wildman–Crippen MR) is 76.0 cm³/mol. The molecule has 0 bridgehead atoms. The number of aromatic nitrogens is 1. The van der Waals surface area contributed by atoms with Gasteiger partial charge in [-0.05, 0) is 44.4 Å². The van der Waals surface area contributed by atoms with Gasteiger partial charge < -0.3 is 10.6 Å². The van der Waals surface area contributed by atoms with Crippen molar-refractivity contribution in [3.63, 3.8) is 0 Å². The second-order valence-electron chi connectivity index (χ2n) is 5.02. The smallest absolute Gasteiger partial charge is 0.179 e. The average Bonchev–Trinajstić information content (AvgIpc) is 2.31. The third kappa shape index (κ3) is 3.25. The number of sulfone groups is 1. The second-order valence-corrected chi connectivity index (χ2v) is 7.00. The Labute approximate surface area is 114 Å². The van der Waals surface area contributed by atoms with Crippen LogP contribution in [0.25, 0.3) is 0 Å². The van der Waals surface area contributed by atoms with Gasteiger partial charge in [-0.15, -0.1) is 0 Å². The van der Waals surface area contributed by atoms with Gasteiger partial charge in [0.1, 0.15) is 10.7 Å². The summed E-state index contributed by atoms with van der Waals surface area (Å²) in [5.74, 6) is 0.586. The standard InChI is InChI=1S/C13H21N3O2S/c1-19(17,18)12-7-3-9-15-13(12)16(10-4-8-14)11-5-2-6-11/h3,7,9,11H,2,4-6,8,10,14H2,1H3. The molecule has 1 heterocycles. The highest BCUT2D eigenvalue weighted by Gasteiger charge is 2.29. The Kier molecular flexibility index (Phi) is 4.42. The summed E-state index contributed by atoms with van der Waals surface area (Å²) in [5.41, 5.74) is 5.57. The van der Waals surface area contributed by atoms with Crippen molar-refractivity contribution in [2.75, 3.05) is 24.2 Å². The summed E-state index contributed by atoms with van der Waals surface area (Å²) in [6.07, 6.45) is 7.13. The highest BCUT2D eigenvalue weighted by Crippen LogP contribution is 2.32. The maximum Gasteiger partial charge on any atom is 0.179 e. The number of anilines is 1. The van der Waals surface area contributed by atoms with Gasteiger partial charge in [0, 0.05) is 25.0 Å². The Morgan fingerprint density at radius 1 is 1.47 bits per heavy atom. The van der Waals surface area contributed by atoms with Crippen LogP contribution >= 0.6 is 0 Å². The Balaban J connectivity index is 2.35. The number of pyridine rings is 1. The van der Waals surface area contributed by atoms with Gasteiger partial charge in [-0.1, -0.05) is 0 Å². The minimum atomic E-state index is -3.26. The third-order valence-corrected chi connectivity index (χ3v) is 4.66. The summed E-state index contributed by atoms with van der Waals surface area (Å²) in [7, 11) is -3.26. The van der Waals surface area contributed by atoms with E-state index in [0.717, 1.165) is 25.8 Å². The predicted octanol–water partition coefficient (Wildman–Crippen LogP) is 1.19. The van der Waals surface area contributed by atoms with Crippen LogP contribution in [0.3, 0.4) is 0 Å². The van der Waals surface area contributed by atoms with Gasteiger partial charge in [-0.3, -0.25) is 0 Å². The van der Waals surface area contributed by atoms with Crippen molar-refractivity contribution >= 4 is 15.7 Å². The monoisotopic (exact) mass is 283 g/mol. The molecule has 0 spiro atoms. The first kappa shape index (κ1) is 14.3. The van der Waals surface area contributed by atoms with E-state index in [1.165, 1.54) is 12.7 Å². The summed E-state index contributed by atoms with van der Waals surface area (Å²) in [6, 6.07) is 3.70. The quantitative estimate of drug-likeness (QED) is 0.848. The van der Waals surface area contributed by atoms with Crippen molar-refractivity contribution in [2.24, 2.45) is 5.73 Å². The molecule has 1 aromatic rings. The molecule has 0 unspecified atom stereocenters. The zero-order chi connectivity index (χ0) is 13.9. The van der Waals surface area contributed by atoms with E-state index in [-0.39, 0.29) is 0 Å².